The monoisotopic (exact) mass is 263 g/mol. The minimum Gasteiger partial charge on any atom is -0.307 e. The molecule has 2 atom stereocenters. The molecule has 1 aliphatic rings. The van der Waals surface area contributed by atoms with E-state index >= 15 is 0 Å². The Bertz CT molecular complexity index is 385. The standard InChI is InChI=1S/C17H26FN/c1-3-17(14-9-5-4-6-10-14)19-13(2)15-11-7-8-12-16(15)18/h7-8,11-14,17,19H,3-6,9-10H2,1-2H3. The van der Waals surface area contributed by atoms with Gasteiger partial charge in [0, 0.05) is 17.6 Å². The van der Waals surface area contributed by atoms with E-state index in [-0.39, 0.29) is 11.9 Å². The van der Waals surface area contributed by atoms with Gasteiger partial charge in [-0.05, 0) is 38.2 Å². The smallest absolute Gasteiger partial charge is 0.127 e. The van der Waals surface area contributed by atoms with E-state index in [4.69, 9.17) is 0 Å². The number of halogens is 1. The molecule has 1 fully saturated rings. The summed E-state index contributed by atoms with van der Waals surface area (Å²) in [6, 6.07) is 7.72. The largest absolute Gasteiger partial charge is 0.307 e. The number of hydrogen-bond acceptors (Lipinski definition) is 1. The van der Waals surface area contributed by atoms with Crippen LogP contribution in [0.5, 0.6) is 0 Å². The van der Waals surface area contributed by atoms with Crippen molar-refractivity contribution < 1.29 is 4.39 Å². The Labute approximate surface area is 116 Å². The first kappa shape index (κ1) is 14.5. The minimum absolute atomic E-state index is 0.0908. The maximum absolute atomic E-state index is 13.8. The second-order valence-corrected chi connectivity index (χ2v) is 5.82. The second-order valence-electron chi connectivity index (χ2n) is 5.82. The van der Waals surface area contributed by atoms with Gasteiger partial charge in [0.05, 0.1) is 0 Å². The van der Waals surface area contributed by atoms with Gasteiger partial charge in [-0.25, -0.2) is 4.39 Å². The molecular formula is C17H26FN. The summed E-state index contributed by atoms with van der Waals surface area (Å²) >= 11 is 0. The lowest BCUT2D eigenvalue weighted by atomic mass is 9.82. The summed E-state index contributed by atoms with van der Waals surface area (Å²) in [7, 11) is 0. The predicted octanol–water partition coefficient (Wildman–Crippen LogP) is 4.84. The van der Waals surface area contributed by atoms with Crippen LogP contribution in [0.3, 0.4) is 0 Å². The fourth-order valence-electron chi connectivity index (χ4n) is 3.36. The molecule has 2 unspecified atom stereocenters. The molecule has 0 saturated heterocycles. The number of nitrogens with one attached hydrogen (secondary N) is 1. The van der Waals surface area contributed by atoms with Crippen LogP contribution in [0.15, 0.2) is 24.3 Å². The van der Waals surface area contributed by atoms with Gasteiger partial charge >= 0.3 is 0 Å². The molecular weight excluding hydrogens is 237 g/mol. The fourth-order valence-corrected chi connectivity index (χ4v) is 3.36. The highest BCUT2D eigenvalue weighted by atomic mass is 19.1. The van der Waals surface area contributed by atoms with Gasteiger partial charge in [0.15, 0.2) is 0 Å². The molecule has 0 spiro atoms. The van der Waals surface area contributed by atoms with Crippen LogP contribution in [0.1, 0.15) is 64.0 Å². The minimum atomic E-state index is -0.0963. The quantitative estimate of drug-likeness (QED) is 0.802. The highest BCUT2D eigenvalue weighted by molar-refractivity contribution is 5.20. The van der Waals surface area contributed by atoms with Crippen molar-refractivity contribution in [3.8, 4) is 0 Å². The third kappa shape index (κ3) is 3.79. The lowest BCUT2D eigenvalue weighted by Gasteiger charge is -2.32. The van der Waals surface area contributed by atoms with Gasteiger partial charge in [-0.3, -0.25) is 0 Å². The van der Waals surface area contributed by atoms with Crippen LogP contribution in [-0.4, -0.2) is 6.04 Å². The average Bonchev–Trinajstić information content (AvgIpc) is 2.46. The SMILES string of the molecule is CCC(NC(C)c1ccccc1F)C1CCCCC1. The Hall–Kier alpha value is -0.890. The molecule has 1 nitrogen and oxygen atoms in total. The van der Waals surface area contributed by atoms with Crippen LogP contribution >= 0.6 is 0 Å². The van der Waals surface area contributed by atoms with Crippen molar-refractivity contribution in [1.29, 1.82) is 0 Å². The zero-order chi connectivity index (χ0) is 13.7. The van der Waals surface area contributed by atoms with Gasteiger partial charge < -0.3 is 5.32 Å². The van der Waals surface area contributed by atoms with Gasteiger partial charge in [-0.1, -0.05) is 44.4 Å². The highest BCUT2D eigenvalue weighted by Gasteiger charge is 2.24. The molecule has 0 aromatic heterocycles. The Morgan fingerprint density at radius 3 is 2.53 bits per heavy atom. The molecule has 0 heterocycles. The average molecular weight is 263 g/mol. The molecule has 0 radical (unpaired) electrons. The molecule has 1 aromatic carbocycles. The van der Waals surface area contributed by atoms with Crippen LogP contribution in [0.4, 0.5) is 4.39 Å². The van der Waals surface area contributed by atoms with E-state index in [1.165, 1.54) is 32.1 Å². The lowest BCUT2D eigenvalue weighted by molar-refractivity contribution is 0.248. The van der Waals surface area contributed by atoms with Crippen LogP contribution in [-0.2, 0) is 0 Å². The number of rotatable bonds is 5. The summed E-state index contributed by atoms with van der Waals surface area (Å²) in [5.41, 5.74) is 0.789. The first-order valence-electron chi connectivity index (χ1n) is 7.72. The number of hydrogen-bond donors (Lipinski definition) is 1. The van der Waals surface area contributed by atoms with Crippen molar-refractivity contribution in [3.63, 3.8) is 0 Å². The molecule has 0 amide bonds. The Kier molecular flexibility index (Phi) is 5.38. The molecule has 2 rings (SSSR count). The number of benzene rings is 1. The van der Waals surface area contributed by atoms with E-state index < -0.39 is 0 Å². The Morgan fingerprint density at radius 2 is 1.89 bits per heavy atom. The zero-order valence-corrected chi connectivity index (χ0v) is 12.2. The van der Waals surface area contributed by atoms with Crippen molar-refractivity contribution in [2.75, 3.05) is 0 Å². The first-order valence-corrected chi connectivity index (χ1v) is 7.72. The zero-order valence-electron chi connectivity index (χ0n) is 12.2. The van der Waals surface area contributed by atoms with Crippen LogP contribution in [0.25, 0.3) is 0 Å². The molecule has 0 bridgehead atoms. The van der Waals surface area contributed by atoms with Crippen molar-refractivity contribution in [2.45, 2.75) is 64.5 Å². The Balaban J connectivity index is 1.99. The molecule has 2 heteroatoms. The maximum Gasteiger partial charge on any atom is 0.127 e. The first-order chi connectivity index (χ1) is 9.22. The van der Waals surface area contributed by atoms with E-state index in [0.29, 0.717) is 6.04 Å². The van der Waals surface area contributed by atoms with Crippen molar-refractivity contribution in [2.24, 2.45) is 5.92 Å². The van der Waals surface area contributed by atoms with E-state index in [2.05, 4.69) is 19.2 Å². The Morgan fingerprint density at radius 1 is 1.21 bits per heavy atom. The summed E-state index contributed by atoms with van der Waals surface area (Å²) in [5, 5.41) is 3.65. The predicted molar refractivity (Wildman–Crippen MR) is 78.6 cm³/mol. The van der Waals surface area contributed by atoms with Crippen LogP contribution in [0.2, 0.25) is 0 Å². The second kappa shape index (κ2) is 7.04. The van der Waals surface area contributed by atoms with E-state index in [1.54, 1.807) is 12.1 Å². The van der Waals surface area contributed by atoms with Crippen molar-refractivity contribution >= 4 is 0 Å². The third-order valence-electron chi connectivity index (χ3n) is 4.49. The van der Waals surface area contributed by atoms with E-state index in [0.717, 1.165) is 17.9 Å². The molecule has 1 aromatic rings. The van der Waals surface area contributed by atoms with Crippen molar-refractivity contribution in [3.05, 3.63) is 35.6 Å². The van der Waals surface area contributed by atoms with Crippen molar-refractivity contribution in [1.82, 2.24) is 5.32 Å². The van der Waals surface area contributed by atoms with E-state index in [1.807, 2.05) is 12.1 Å². The molecule has 19 heavy (non-hydrogen) atoms. The topological polar surface area (TPSA) is 12.0 Å². The molecule has 106 valence electrons. The summed E-state index contributed by atoms with van der Waals surface area (Å²) in [6.45, 7) is 4.31. The lowest BCUT2D eigenvalue weighted by Crippen LogP contribution is -2.38. The molecule has 0 aliphatic heterocycles. The molecule has 1 saturated carbocycles. The molecule has 1 N–H and O–H groups in total. The summed E-state index contributed by atoms with van der Waals surface area (Å²) in [5.74, 6) is 0.675. The maximum atomic E-state index is 13.8. The van der Waals surface area contributed by atoms with Gasteiger partial charge in [-0.15, -0.1) is 0 Å². The van der Waals surface area contributed by atoms with Crippen LogP contribution in [0, 0.1) is 11.7 Å². The summed E-state index contributed by atoms with van der Waals surface area (Å²) < 4.78 is 13.8. The van der Waals surface area contributed by atoms with E-state index in [9.17, 15) is 4.39 Å². The third-order valence-corrected chi connectivity index (χ3v) is 4.49. The fraction of sp³-hybridized carbons (Fsp3) is 0.647. The van der Waals surface area contributed by atoms with Gasteiger partial charge in [0.1, 0.15) is 5.82 Å². The normalized spacial score (nSPS) is 20.2. The van der Waals surface area contributed by atoms with Gasteiger partial charge in [0.2, 0.25) is 0 Å². The van der Waals surface area contributed by atoms with Gasteiger partial charge in [0.25, 0.3) is 0 Å². The molecule has 1 aliphatic carbocycles. The van der Waals surface area contributed by atoms with Gasteiger partial charge in [-0.2, -0.15) is 0 Å². The highest BCUT2D eigenvalue weighted by Crippen LogP contribution is 2.29. The summed E-state index contributed by atoms with van der Waals surface area (Å²) in [6.07, 6.45) is 7.89. The summed E-state index contributed by atoms with van der Waals surface area (Å²) in [4.78, 5) is 0. The van der Waals surface area contributed by atoms with Crippen LogP contribution < -0.4 is 5.32 Å².